The number of halogens is 2. The van der Waals surface area contributed by atoms with Crippen LogP contribution in [0, 0.1) is 5.92 Å². The van der Waals surface area contributed by atoms with Gasteiger partial charge in [-0.05, 0) is 43.5 Å². The van der Waals surface area contributed by atoms with Crippen molar-refractivity contribution in [2.75, 3.05) is 6.54 Å². The molecule has 0 spiro atoms. The SMILES string of the molecule is CC(C)C(C)(CN)NC(=O)CCCc1nc(-c2ccc(Cl)cc2)no1.Cl. The van der Waals surface area contributed by atoms with Crippen LogP contribution in [0.4, 0.5) is 0 Å². The first-order chi connectivity index (χ1) is 11.8. The molecule has 2 rings (SSSR count). The van der Waals surface area contributed by atoms with Crippen molar-refractivity contribution in [2.24, 2.45) is 11.7 Å². The van der Waals surface area contributed by atoms with E-state index in [-0.39, 0.29) is 29.8 Å². The van der Waals surface area contributed by atoms with Gasteiger partial charge in [-0.25, -0.2) is 0 Å². The summed E-state index contributed by atoms with van der Waals surface area (Å²) in [5.41, 5.74) is 6.24. The first-order valence-electron chi connectivity index (χ1n) is 8.43. The second kappa shape index (κ2) is 9.90. The Labute approximate surface area is 165 Å². The van der Waals surface area contributed by atoms with Crippen molar-refractivity contribution in [3.05, 3.63) is 35.2 Å². The summed E-state index contributed by atoms with van der Waals surface area (Å²) in [6.45, 7) is 6.46. The zero-order valence-corrected chi connectivity index (χ0v) is 16.9. The van der Waals surface area contributed by atoms with E-state index in [0.29, 0.717) is 42.5 Å². The Morgan fingerprint density at radius 3 is 2.58 bits per heavy atom. The third kappa shape index (κ3) is 5.97. The largest absolute Gasteiger partial charge is 0.349 e. The first-order valence-corrected chi connectivity index (χ1v) is 8.81. The van der Waals surface area contributed by atoms with Crippen LogP contribution in [0.2, 0.25) is 5.02 Å². The van der Waals surface area contributed by atoms with E-state index in [1.54, 1.807) is 12.1 Å². The van der Waals surface area contributed by atoms with Gasteiger partial charge >= 0.3 is 0 Å². The molecule has 0 radical (unpaired) electrons. The van der Waals surface area contributed by atoms with Crippen LogP contribution in [0.3, 0.4) is 0 Å². The van der Waals surface area contributed by atoms with Gasteiger partial charge in [-0.3, -0.25) is 4.79 Å². The number of benzene rings is 1. The lowest BCUT2D eigenvalue weighted by atomic mass is 9.88. The Hall–Kier alpha value is -1.63. The highest BCUT2D eigenvalue weighted by atomic mass is 35.5. The Bertz CT molecular complexity index is 703. The van der Waals surface area contributed by atoms with Gasteiger partial charge < -0.3 is 15.6 Å². The predicted octanol–water partition coefficient (Wildman–Crippen LogP) is 3.62. The molecule has 1 aromatic heterocycles. The van der Waals surface area contributed by atoms with Crippen molar-refractivity contribution < 1.29 is 9.32 Å². The fourth-order valence-corrected chi connectivity index (χ4v) is 2.41. The van der Waals surface area contributed by atoms with Crippen molar-refractivity contribution >= 4 is 29.9 Å². The predicted molar refractivity (Wildman–Crippen MR) is 105 cm³/mol. The molecule has 1 heterocycles. The number of hydrogen-bond acceptors (Lipinski definition) is 5. The number of carbonyl (C=O) groups is 1. The van der Waals surface area contributed by atoms with Gasteiger partial charge in [-0.15, -0.1) is 12.4 Å². The maximum Gasteiger partial charge on any atom is 0.226 e. The Balaban J connectivity index is 0.00000338. The van der Waals surface area contributed by atoms with E-state index in [2.05, 4.69) is 15.5 Å². The Kier molecular flexibility index (Phi) is 8.53. The number of aromatic nitrogens is 2. The maximum atomic E-state index is 12.1. The number of amides is 1. The smallest absolute Gasteiger partial charge is 0.226 e. The van der Waals surface area contributed by atoms with Gasteiger partial charge in [0.25, 0.3) is 0 Å². The number of hydrogen-bond donors (Lipinski definition) is 2. The van der Waals surface area contributed by atoms with E-state index in [9.17, 15) is 4.79 Å². The number of nitrogens with two attached hydrogens (primary N) is 1. The van der Waals surface area contributed by atoms with Crippen LogP contribution in [0.1, 0.15) is 39.5 Å². The van der Waals surface area contributed by atoms with Crippen molar-refractivity contribution in [2.45, 2.75) is 45.6 Å². The third-order valence-electron chi connectivity index (χ3n) is 4.49. The molecule has 2 aromatic rings. The minimum absolute atomic E-state index is 0. The van der Waals surface area contributed by atoms with Crippen LogP contribution < -0.4 is 11.1 Å². The van der Waals surface area contributed by atoms with Crippen LogP contribution in [0.15, 0.2) is 28.8 Å². The van der Waals surface area contributed by atoms with Gasteiger partial charge in [-0.2, -0.15) is 4.98 Å². The number of rotatable bonds is 8. The summed E-state index contributed by atoms with van der Waals surface area (Å²) in [5, 5.41) is 7.64. The lowest BCUT2D eigenvalue weighted by Gasteiger charge is -2.33. The molecule has 26 heavy (non-hydrogen) atoms. The monoisotopic (exact) mass is 400 g/mol. The summed E-state index contributed by atoms with van der Waals surface area (Å²) in [7, 11) is 0. The molecule has 0 saturated heterocycles. The fraction of sp³-hybridized carbons (Fsp3) is 0.500. The quantitative estimate of drug-likeness (QED) is 0.705. The molecule has 1 unspecified atom stereocenters. The zero-order valence-electron chi connectivity index (χ0n) is 15.3. The highest BCUT2D eigenvalue weighted by Gasteiger charge is 2.28. The summed E-state index contributed by atoms with van der Waals surface area (Å²) in [4.78, 5) is 16.5. The number of carbonyl (C=O) groups excluding carboxylic acids is 1. The van der Waals surface area contributed by atoms with E-state index in [4.69, 9.17) is 21.9 Å². The number of nitrogens with one attached hydrogen (secondary N) is 1. The van der Waals surface area contributed by atoms with Gasteiger partial charge in [0.1, 0.15) is 0 Å². The molecular weight excluding hydrogens is 375 g/mol. The summed E-state index contributed by atoms with van der Waals surface area (Å²) < 4.78 is 5.25. The standard InChI is InChI=1S/C18H25ClN4O2.ClH/c1-12(2)18(3,11-20)22-15(24)5-4-6-16-21-17(23-25-16)13-7-9-14(19)10-8-13;/h7-10,12H,4-6,11,20H2,1-3H3,(H,22,24);1H. The van der Waals surface area contributed by atoms with E-state index >= 15 is 0 Å². The molecular formula is C18H26Cl2N4O2. The fourth-order valence-electron chi connectivity index (χ4n) is 2.28. The molecule has 3 N–H and O–H groups in total. The van der Waals surface area contributed by atoms with E-state index in [1.165, 1.54) is 0 Å². The van der Waals surface area contributed by atoms with Crippen molar-refractivity contribution in [3.8, 4) is 11.4 Å². The van der Waals surface area contributed by atoms with Crippen molar-refractivity contribution in [3.63, 3.8) is 0 Å². The highest BCUT2D eigenvalue weighted by Crippen LogP contribution is 2.19. The summed E-state index contributed by atoms with van der Waals surface area (Å²) in [6, 6.07) is 7.23. The van der Waals surface area contributed by atoms with Crippen LogP contribution in [0.25, 0.3) is 11.4 Å². The average molecular weight is 401 g/mol. The average Bonchev–Trinajstić information content (AvgIpc) is 3.04. The van der Waals surface area contributed by atoms with Gasteiger partial charge in [-0.1, -0.05) is 30.6 Å². The molecule has 1 atom stereocenters. The topological polar surface area (TPSA) is 94.0 Å². The molecule has 0 bridgehead atoms. The molecule has 0 aliphatic carbocycles. The van der Waals surface area contributed by atoms with E-state index in [0.717, 1.165) is 5.56 Å². The van der Waals surface area contributed by atoms with Gasteiger partial charge in [0.05, 0.1) is 5.54 Å². The Morgan fingerprint density at radius 1 is 1.35 bits per heavy atom. The zero-order chi connectivity index (χ0) is 18.4. The van der Waals surface area contributed by atoms with Gasteiger partial charge in [0, 0.05) is 30.0 Å². The second-order valence-corrected chi connectivity index (χ2v) is 7.13. The summed E-state index contributed by atoms with van der Waals surface area (Å²) in [6.07, 6.45) is 1.57. The van der Waals surface area contributed by atoms with Crippen LogP contribution >= 0.6 is 24.0 Å². The van der Waals surface area contributed by atoms with Crippen LogP contribution in [-0.4, -0.2) is 28.1 Å². The van der Waals surface area contributed by atoms with Crippen molar-refractivity contribution in [1.82, 2.24) is 15.5 Å². The molecule has 0 aliphatic heterocycles. The first kappa shape index (κ1) is 22.4. The highest BCUT2D eigenvalue weighted by molar-refractivity contribution is 6.30. The molecule has 144 valence electrons. The number of nitrogens with zero attached hydrogens (tertiary/aromatic N) is 2. The van der Waals surface area contributed by atoms with E-state index < -0.39 is 0 Å². The molecule has 0 saturated carbocycles. The minimum Gasteiger partial charge on any atom is -0.349 e. The van der Waals surface area contributed by atoms with E-state index in [1.807, 2.05) is 32.9 Å². The summed E-state index contributed by atoms with van der Waals surface area (Å²) in [5.74, 6) is 1.29. The van der Waals surface area contributed by atoms with Gasteiger partial charge in [0.15, 0.2) is 0 Å². The maximum absolute atomic E-state index is 12.1. The normalized spacial score (nSPS) is 13.2. The Morgan fingerprint density at radius 2 is 2.00 bits per heavy atom. The van der Waals surface area contributed by atoms with Crippen molar-refractivity contribution in [1.29, 1.82) is 0 Å². The van der Waals surface area contributed by atoms with Gasteiger partial charge in [0.2, 0.25) is 17.6 Å². The minimum atomic E-state index is -0.386. The second-order valence-electron chi connectivity index (χ2n) is 6.70. The lowest BCUT2D eigenvalue weighted by Crippen LogP contribution is -2.54. The molecule has 8 heteroatoms. The molecule has 0 fully saturated rings. The summed E-state index contributed by atoms with van der Waals surface area (Å²) >= 11 is 5.87. The molecule has 1 amide bonds. The number of aryl methyl sites for hydroxylation is 1. The van der Waals surface area contributed by atoms with Crippen LogP contribution in [-0.2, 0) is 11.2 Å². The molecule has 6 nitrogen and oxygen atoms in total. The lowest BCUT2D eigenvalue weighted by molar-refractivity contribution is -0.123. The van der Waals surface area contributed by atoms with Crippen LogP contribution in [0.5, 0.6) is 0 Å². The molecule has 0 aliphatic rings. The molecule has 1 aromatic carbocycles. The third-order valence-corrected chi connectivity index (χ3v) is 4.74.